The maximum atomic E-state index is 12.5. The van der Waals surface area contributed by atoms with Crippen LogP contribution in [0.4, 0.5) is 5.82 Å². The summed E-state index contributed by atoms with van der Waals surface area (Å²) >= 11 is 0. The van der Waals surface area contributed by atoms with E-state index >= 15 is 0 Å². The summed E-state index contributed by atoms with van der Waals surface area (Å²) in [6.45, 7) is 2.98. The Hall–Kier alpha value is -3.41. The third-order valence-corrected chi connectivity index (χ3v) is 4.82. The normalized spacial score (nSPS) is 13.3. The van der Waals surface area contributed by atoms with E-state index in [1.165, 1.54) is 4.90 Å². The van der Waals surface area contributed by atoms with Gasteiger partial charge >= 0.3 is 0 Å². The number of hydrogen-bond donors (Lipinski definition) is 1. The third kappa shape index (κ3) is 3.81. The number of carbonyl (C=O) groups is 2. The van der Waals surface area contributed by atoms with Crippen LogP contribution in [0.3, 0.4) is 0 Å². The quantitative estimate of drug-likeness (QED) is 0.747. The lowest BCUT2D eigenvalue weighted by Crippen LogP contribution is -2.44. The lowest BCUT2D eigenvalue weighted by atomic mass is 10.1. The molecule has 2 amide bonds. The first-order valence-electron chi connectivity index (χ1n) is 9.36. The monoisotopic (exact) mass is 374 g/mol. The SMILES string of the molecule is Cc1cccc(CNC(=O)CN2C(=O)CCn3nc(-c4ccccc4)cc32)c1. The molecule has 0 saturated carbocycles. The van der Waals surface area contributed by atoms with Crippen LogP contribution in [0, 0.1) is 6.92 Å². The fourth-order valence-corrected chi connectivity index (χ4v) is 3.39. The molecule has 6 heteroatoms. The molecule has 0 spiro atoms. The summed E-state index contributed by atoms with van der Waals surface area (Å²) in [5, 5.41) is 7.51. The summed E-state index contributed by atoms with van der Waals surface area (Å²) in [6.07, 6.45) is 0.341. The molecule has 1 aliphatic rings. The van der Waals surface area contributed by atoms with Crippen molar-refractivity contribution in [3.63, 3.8) is 0 Å². The van der Waals surface area contributed by atoms with E-state index in [0.29, 0.717) is 25.3 Å². The Morgan fingerprint density at radius 3 is 2.71 bits per heavy atom. The fraction of sp³-hybridized carbons (Fsp3) is 0.227. The Morgan fingerprint density at radius 2 is 1.93 bits per heavy atom. The third-order valence-electron chi connectivity index (χ3n) is 4.82. The van der Waals surface area contributed by atoms with Gasteiger partial charge in [-0.3, -0.25) is 14.5 Å². The average Bonchev–Trinajstić information content (AvgIpc) is 3.14. The van der Waals surface area contributed by atoms with Crippen molar-refractivity contribution in [1.29, 1.82) is 0 Å². The molecule has 0 unspecified atom stereocenters. The van der Waals surface area contributed by atoms with Crippen molar-refractivity contribution in [1.82, 2.24) is 15.1 Å². The lowest BCUT2D eigenvalue weighted by Gasteiger charge is -2.26. The second kappa shape index (κ2) is 7.68. The van der Waals surface area contributed by atoms with Gasteiger partial charge in [0.05, 0.1) is 12.2 Å². The number of hydrogen-bond acceptors (Lipinski definition) is 3. The van der Waals surface area contributed by atoms with Crippen molar-refractivity contribution in [3.05, 3.63) is 71.8 Å². The summed E-state index contributed by atoms with van der Waals surface area (Å²) < 4.78 is 1.80. The standard InChI is InChI=1S/C22H22N4O2/c1-16-6-5-7-17(12-16)14-23-20(27)15-25-21-13-19(18-8-3-2-4-9-18)24-26(21)11-10-22(25)28/h2-9,12-13H,10-11,14-15H2,1H3,(H,23,27). The molecule has 0 aliphatic carbocycles. The molecule has 0 atom stereocenters. The lowest BCUT2D eigenvalue weighted by molar-refractivity contribution is -0.124. The minimum atomic E-state index is -0.189. The van der Waals surface area contributed by atoms with Gasteiger partial charge in [0.15, 0.2) is 0 Å². The van der Waals surface area contributed by atoms with E-state index in [2.05, 4.69) is 10.4 Å². The van der Waals surface area contributed by atoms with Crippen molar-refractivity contribution in [2.24, 2.45) is 0 Å². The maximum Gasteiger partial charge on any atom is 0.240 e. The molecule has 0 fully saturated rings. The Morgan fingerprint density at radius 1 is 1.11 bits per heavy atom. The summed E-state index contributed by atoms with van der Waals surface area (Å²) in [5.41, 5.74) is 3.97. The molecule has 0 bridgehead atoms. The number of rotatable bonds is 5. The number of benzene rings is 2. The van der Waals surface area contributed by atoms with Crippen LogP contribution >= 0.6 is 0 Å². The second-order valence-electron chi connectivity index (χ2n) is 6.97. The predicted molar refractivity (Wildman–Crippen MR) is 108 cm³/mol. The number of anilines is 1. The molecule has 0 radical (unpaired) electrons. The first kappa shape index (κ1) is 18.0. The van der Waals surface area contributed by atoms with Crippen LogP contribution in [0.5, 0.6) is 0 Å². The van der Waals surface area contributed by atoms with Crippen molar-refractivity contribution in [2.75, 3.05) is 11.4 Å². The topological polar surface area (TPSA) is 67.2 Å². The van der Waals surface area contributed by atoms with Crippen LogP contribution in [0.25, 0.3) is 11.3 Å². The van der Waals surface area contributed by atoms with Gasteiger partial charge in [-0.2, -0.15) is 5.10 Å². The Balaban J connectivity index is 1.48. The average molecular weight is 374 g/mol. The van der Waals surface area contributed by atoms with Gasteiger partial charge in [0.1, 0.15) is 12.4 Å². The molecular formula is C22H22N4O2. The smallest absolute Gasteiger partial charge is 0.240 e. The van der Waals surface area contributed by atoms with Gasteiger partial charge in [0.25, 0.3) is 0 Å². The van der Waals surface area contributed by atoms with Crippen molar-refractivity contribution >= 4 is 17.6 Å². The van der Waals surface area contributed by atoms with Crippen LogP contribution in [-0.2, 0) is 22.7 Å². The van der Waals surface area contributed by atoms with E-state index in [1.807, 2.05) is 67.6 Å². The molecule has 1 aromatic heterocycles. The van der Waals surface area contributed by atoms with Gasteiger partial charge in [0, 0.05) is 24.6 Å². The van der Waals surface area contributed by atoms with E-state index in [0.717, 1.165) is 22.4 Å². The number of aromatic nitrogens is 2. The number of fused-ring (bicyclic) bond motifs is 1. The molecule has 2 heterocycles. The number of amides is 2. The van der Waals surface area contributed by atoms with E-state index in [4.69, 9.17) is 0 Å². The molecule has 28 heavy (non-hydrogen) atoms. The van der Waals surface area contributed by atoms with Gasteiger partial charge in [-0.1, -0.05) is 60.2 Å². The highest BCUT2D eigenvalue weighted by atomic mass is 16.2. The number of aryl methyl sites for hydroxylation is 2. The highest BCUT2D eigenvalue weighted by Gasteiger charge is 2.28. The molecule has 2 aromatic carbocycles. The van der Waals surface area contributed by atoms with E-state index in [-0.39, 0.29) is 18.4 Å². The summed E-state index contributed by atoms with van der Waals surface area (Å²) in [6, 6.07) is 19.7. The summed E-state index contributed by atoms with van der Waals surface area (Å²) in [7, 11) is 0. The number of nitrogens with one attached hydrogen (secondary N) is 1. The highest BCUT2D eigenvalue weighted by Crippen LogP contribution is 2.27. The Kier molecular flexibility index (Phi) is 4.93. The molecule has 6 nitrogen and oxygen atoms in total. The molecule has 1 aliphatic heterocycles. The molecule has 4 rings (SSSR count). The highest BCUT2D eigenvalue weighted by molar-refractivity contribution is 5.99. The maximum absolute atomic E-state index is 12.5. The van der Waals surface area contributed by atoms with E-state index in [9.17, 15) is 9.59 Å². The summed E-state index contributed by atoms with van der Waals surface area (Å²) in [4.78, 5) is 26.5. The Labute approximate surface area is 163 Å². The fourth-order valence-electron chi connectivity index (χ4n) is 3.39. The van der Waals surface area contributed by atoms with Gasteiger partial charge in [-0.25, -0.2) is 4.68 Å². The van der Waals surface area contributed by atoms with Crippen LogP contribution in [0.1, 0.15) is 17.5 Å². The summed E-state index contributed by atoms with van der Waals surface area (Å²) in [5.74, 6) is 0.421. The molecular weight excluding hydrogens is 352 g/mol. The first-order chi connectivity index (χ1) is 13.6. The zero-order chi connectivity index (χ0) is 19.5. The largest absolute Gasteiger partial charge is 0.350 e. The Bertz CT molecular complexity index is 1010. The van der Waals surface area contributed by atoms with Gasteiger partial charge in [0.2, 0.25) is 11.8 Å². The molecule has 0 saturated heterocycles. The van der Waals surface area contributed by atoms with Crippen LogP contribution in [-0.4, -0.2) is 28.1 Å². The van der Waals surface area contributed by atoms with Crippen molar-refractivity contribution in [2.45, 2.75) is 26.4 Å². The van der Waals surface area contributed by atoms with Crippen molar-refractivity contribution in [3.8, 4) is 11.3 Å². The van der Waals surface area contributed by atoms with Crippen molar-refractivity contribution < 1.29 is 9.59 Å². The van der Waals surface area contributed by atoms with E-state index in [1.54, 1.807) is 4.68 Å². The van der Waals surface area contributed by atoms with Gasteiger partial charge < -0.3 is 5.32 Å². The molecule has 3 aromatic rings. The minimum Gasteiger partial charge on any atom is -0.350 e. The zero-order valence-corrected chi connectivity index (χ0v) is 15.8. The van der Waals surface area contributed by atoms with Gasteiger partial charge in [-0.15, -0.1) is 0 Å². The number of nitrogens with zero attached hydrogens (tertiary/aromatic N) is 3. The number of carbonyl (C=O) groups excluding carboxylic acids is 2. The zero-order valence-electron chi connectivity index (χ0n) is 15.8. The van der Waals surface area contributed by atoms with Crippen LogP contribution in [0.15, 0.2) is 60.7 Å². The second-order valence-corrected chi connectivity index (χ2v) is 6.97. The van der Waals surface area contributed by atoms with Crippen LogP contribution < -0.4 is 10.2 Å². The molecule has 1 N–H and O–H groups in total. The first-order valence-corrected chi connectivity index (χ1v) is 9.36. The minimum absolute atomic E-state index is 0.00935. The van der Waals surface area contributed by atoms with E-state index < -0.39 is 0 Å². The molecule has 142 valence electrons. The van der Waals surface area contributed by atoms with Crippen LogP contribution in [0.2, 0.25) is 0 Å². The predicted octanol–water partition coefficient (Wildman–Crippen LogP) is 2.91. The van der Waals surface area contributed by atoms with Gasteiger partial charge in [-0.05, 0) is 12.5 Å².